The van der Waals surface area contributed by atoms with Crippen molar-refractivity contribution in [3.63, 3.8) is 0 Å². The number of aliphatic hydroxyl groups excluding tert-OH is 1. The lowest BCUT2D eigenvalue weighted by molar-refractivity contribution is -0.00214. The maximum absolute atomic E-state index is 11.6. The lowest BCUT2D eigenvalue weighted by Gasteiger charge is -2.16. The molecule has 1 N–H and O–H groups in total. The molecule has 1 heterocycles. The van der Waals surface area contributed by atoms with Crippen molar-refractivity contribution in [1.82, 2.24) is 0 Å². The Balaban J connectivity index is 2.52. The van der Waals surface area contributed by atoms with Crippen molar-refractivity contribution < 1.29 is 28.2 Å². The van der Waals surface area contributed by atoms with Crippen LogP contribution in [0, 0.1) is 0 Å². The van der Waals surface area contributed by atoms with E-state index in [0.717, 1.165) is 0 Å². The van der Waals surface area contributed by atoms with Crippen LogP contribution in [-0.4, -0.2) is 44.7 Å². The fraction of sp³-hybridized carbons (Fsp3) is 0.750. The molecule has 0 spiro atoms. The maximum atomic E-state index is 11.6. The van der Waals surface area contributed by atoms with Crippen LogP contribution < -0.4 is 0 Å². The summed E-state index contributed by atoms with van der Waals surface area (Å²) < 4.78 is 31.0. The van der Waals surface area contributed by atoms with Crippen LogP contribution in [0.15, 0.2) is 12.2 Å². The molecule has 0 aromatic carbocycles. The van der Waals surface area contributed by atoms with E-state index in [4.69, 9.17) is 9.47 Å². The molecule has 0 aliphatic carbocycles. The minimum Gasteiger partial charge on any atom is -0.377 e. The molecule has 1 atom stereocenters. The number of aliphatic hydroxyl groups is 1. The molecule has 1 aliphatic rings. The summed E-state index contributed by atoms with van der Waals surface area (Å²) in [5, 5.41) is 9.52. The molecule has 0 unspecified atom stereocenters. The van der Waals surface area contributed by atoms with Crippen molar-refractivity contribution in [3.8, 4) is 0 Å². The molecular formula is C8H15O6P. The SMILES string of the molecule is COP(=O)(OC)[C@@H](O)/C=C/C1OCCO1. The molecule has 1 rings (SSSR count). The lowest BCUT2D eigenvalue weighted by Crippen LogP contribution is -2.09. The largest absolute Gasteiger partial charge is 0.377 e. The van der Waals surface area contributed by atoms with Crippen LogP contribution in [0.5, 0.6) is 0 Å². The Morgan fingerprint density at radius 1 is 1.40 bits per heavy atom. The molecule has 0 aromatic rings. The normalized spacial score (nSPS) is 21.3. The first-order valence-electron chi connectivity index (χ1n) is 4.43. The molecule has 15 heavy (non-hydrogen) atoms. The van der Waals surface area contributed by atoms with Gasteiger partial charge < -0.3 is 23.6 Å². The molecule has 0 radical (unpaired) electrons. The Kier molecular flexibility index (Phi) is 4.92. The highest BCUT2D eigenvalue weighted by molar-refractivity contribution is 7.54. The van der Waals surface area contributed by atoms with Crippen LogP contribution in [0.1, 0.15) is 0 Å². The van der Waals surface area contributed by atoms with E-state index in [1.54, 1.807) is 0 Å². The first-order chi connectivity index (χ1) is 7.12. The van der Waals surface area contributed by atoms with Gasteiger partial charge >= 0.3 is 7.60 Å². The van der Waals surface area contributed by atoms with Gasteiger partial charge in [0.25, 0.3) is 0 Å². The quantitative estimate of drug-likeness (QED) is 0.562. The Bertz CT molecular complexity index is 252. The van der Waals surface area contributed by atoms with Gasteiger partial charge in [-0.1, -0.05) is 0 Å². The van der Waals surface area contributed by atoms with E-state index >= 15 is 0 Å². The molecule has 7 heteroatoms. The summed E-state index contributed by atoms with van der Waals surface area (Å²) in [6.45, 7) is 1.02. The predicted octanol–water partition coefficient (Wildman–Crippen LogP) is 0.720. The molecular weight excluding hydrogens is 223 g/mol. The standard InChI is InChI=1S/C8H15O6P/c1-11-15(10,12-2)7(9)3-4-8-13-5-6-14-8/h3-4,7-9H,5-6H2,1-2H3/b4-3+/t7-/m1/s1. The first-order valence-corrected chi connectivity index (χ1v) is 6.04. The number of hydrogen-bond donors (Lipinski definition) is 1. The van der Waals surface area contributed by atoms with Crippen molar-refractivity contribution in [3.05, 3.63) is 12.2 Å². The monoisotopic (exact) mass is 238 g/mol. The fourth-order valence-electron chi connectivity index (χ4n) is 1.07. The topological polar surface area (TPSA) is 74.2 Å². The number of ether oxygens (including phenoxy) is 2. The molecule has 0 bridgehead atoms. The van der Waals surface area contributed by atoms with Crippen LogP contribution in [0.2, 0.25) is 0 Å². The van der Waals surface area contributed by atoms with Gasteiger partial charge in [0.2, 0.25) is 0 Å². The van der Waals surface area contributed by atoms with Crippen LogP contribution in [-0.2, 0) is 23.1 Å². The molecule has 1 fully saturated rings. The van der Waals surface area contributed by atoms with Gasteiger partial charge in [0.05, 0.1) is 13.2 Å². The Labute approximate surface area is 88.3 Å². The van der Waals surface area contributed by atoms with Crippen molar-refractivity contribution in [2.75, 3.05) is 27.4 Å². The van der Waals surface area contributed by atoms with E-state index in [9.17, 15) is 9.67 Å². The van der Waals surface area contributed by atoms with E-state index in [-0.39, 0.29) is 0 Å². The van der Waals surface area contributed by atoms with Crippen LogP contribution in [0.3, 0.4) is 0 Å². The van der Waals surface area contributed by atoms with Gasteiger partial charge in [0.15, 0.2) is 12.1 Å². The average molecular weight is 238 g/mol. The van der Waals surface area contributed by atoms with E-state index < -0.39 is 19.7 Å². The smallest absolute Gasteiger partial charge is 0.362 e. The third-order valence-electron chi connectivity index (χ3n) is 1.92. The summed E-state index contributed by atoms with van der Waals surface area (Å²) in [7, 11) is -1.05. The molecule has 1 saturated heterocycles. The number of rotatable bonds is 5. The van der Waals surface area contributed by atoms with Crippen molar-refractivity contribution in [2.24, 2.45) is 0 Å². The summed E-state index contributed by atoms with van der Waals surface area (Å²) in [6, 6.07) is 0. The highest BCUT2D eigenvalue weighted by Crippen LogP contribution is 2.50. The Morgan fingerprint density at radius 2 is 1.93 bits per heavy atom. The number of hydrogen-bond acceptors (Lipinski definition) is 6. The lowest BCUT2D eigenvalue weighted by atomic mass is 10.5. The molecule has 1 aliphatic heterocycles. The zero-order chi connectivity index (χ0) is 11.3. The van der Waals surface area contributed by atoms with Crippen molar-refractivity contribution >= 4 is 7.60 Å². The van der Waals surface area contributed by atoms with Crippen LogP contribution in [0.4, 0.5) is 0 Å². The molecule has 88 valence electrons. The Morgan fingerprint density at radius 3 is 2.40 bits per heavy atom. The second-order valence-electron chi connectivity index (χ2n) is 2.81. The zero-order valence-electron chi connectivity index (χ0n) is 8.66. The van der Waals surface area contributed by atoms with Gasteiger partial charge in [-0.3, -0.25) is 4.57 Å². The van der Waals surface area contributed by atoms with Crippen molar-refractivity contribution in [1.29, 1.82) is 0 Å². The van der Waals surface area contributed by atoms with E-state index in [2.05, 4.69) is 9.05 Å². The predicted molar refractivity (Wildman–Crippen MR) is 52.5 cm³/mol. The van der Waals surface area contributed by atoms with Gasteiger partial charge in [-0.2, -0.15) is 0 Å². The third kappa shape index (κ3) is 3.38. The maximum Gasteiger partial charge on any atom is 0.362 e. The second-order valence-corrected chi connectivity index (χ2v) is 5.15. The van der Waals surface area contributed by atoms with E-state index in [0.29, 0.717) is 13.2 Å². The molecule has 6 nitrogen and oxygen atoms in total. The fourth-order valence-corrected chi connectivity index (χ4v) is 1.97. The van der Waals surface area contributed by atoms with Gasteiger partial charge in [-0.25, -0.2) is 0 Å². The highest BCUT2D eigenvalue weighted by atomic mass is 31.2. The van der Waals surface area contributed by atoms with Gasteiger partial charge in [-0.15, -0.1) is 0 Å². The van der Waals surface area contributed by atoms with Crippen LogP contribution >= 0.6 is 7.60 Å². The van der Waals surface area contributed by atoms with Gasteiger partial charge in [-0.05, 0) is 12.2 Å². The van der Waals surface area contributed by atoms with Gasteiger partial charge in [0, 0.05) is 14.2 Å². The van der Waals surface area contributed by atoms with E-state index in [1.165, 1.54) is 26.4 Å². The molecule has 0 amide bonds. The third-order valence-corrected chi connectivity index (χ3v) is 3.76. The first kappa shape index (κ1) is 12.8. The van der Waals surface area contributed by atoms with Gasteiger partial charge in [0.1, 0.15) is 0 Å². The minimum absolute atomic E-state index is 0.498. The summed E-state index contributed by atoms with van der Waals surface area (Å²) in [5.74, 6) is -1.32. The average Bonchev–Trinajstić information content (AvgIpc) is 2.77. The van der Waals surface area contributed by atoms with E-state index in [1.807, 2.05) is 0 Å². The summed E-state index contributed by atoms with van der Waals surface area (Å²) in [4.78, 5) is 0. The molecule has 0 aromatic heterocycles. The summed E-state index contributed by atoms with van der Waals surface area (Å²) >= 11 is 0. The summed E-state index contributed by atoms with van der Waals surface area (Å²) in [6.07, 6.45) is 2.26. The van der Waals surface area contributed by atoms with Crippen molar-refractivity contribution in [2.45, 2.75) is 12.1 Å². The molecule has 0 saturated carbocycles. The second kappa shape index (κ2) is 5.75. The van der Waals surface area contributed by atoms with Crippen LogP contribution in [0.25, 0.3) is 0 Å². The Hall–Kier alpha value is -0.230. The zero-order valence-corrected chi connectivity index (χ0v) is 9.55. The minimum atomic E-state index is -3.47. The highest BCUT2D eigenvalue weighted by Gasteiger charge is 2.30. The summed E-state index contributed by atoms with van der Waals surface area (Å²) in [5.41, 5.74) is 0.